The molecule has 2 aliphatic rings. The van der Waals surface area contributed by atoms with Crippen LogP contribution < -0.4 is 25.8 Å². The van der Waals surface area contributed by atoms with Crippen LogP contribution in [0, 0.1) is 0 Å². The number of ether oxygens (including phenoxy) is 2. The lowest BCUT2D eigenvalue weighted by atomic mass is 9.92. The lowest BCUT2D eigenvalue weighted by Crippen LogP contribution is -2.65. The Morgan fingerprint density at radius 1 is 0.889 bits per heavy atom. The highest BCUT2D eigenvalue weighted by atomic mass is 16.6. The molecular formula is C26H33N5O5. The number of anilines is 1. The summed E-state index contributed by atoms with van der Waals surface area (Å²) in [5.74, 6) is 0.609. The molecule has 4 amide bonds. The molecule has 2 fully saturated rings. The summed E-state index contributed by atoms with van der Waals surface area (Å²) in [6.45, 7) is 0.594. The average molecular weight is 496 g/mol. The molecular weight excluding hydrogens is 462 g/mol. The van der Waals surface area contributed by atoms with E-state index in [0.717, 1.165) is 25.7 Å². The molecule has 4 rings (SSSR count). The van der Waals surface area contributed by atoms with E-state index in [4.69, 9.17) is 15.2 Å². The molecule has 1 atom stereocenters. The third kappa shape index (κ3) is 6.25. The highest BCUT2D eigenvalue weighted by Gasteiger charge is 2.42. The van der Waals surface area contributed by atoms with Crippen LogP contribution in [-0.2, 0) is 4.79 Å². The van der Waals surface area contributed by atoms with Crippen LogP contribution in [0.5, 0.6) is 11.5 Å². The molecule has 1 saturated heterocycles. The Kier molecular flexibility index (Phi) is 8.27. The van der Waals surface area contributed by atoms with Crippen molar-refractivity contribution in [3.05, 3.63) is 54.6 Å². The van der Waals surface area contributed by atoms with Gasteiger partial charge in [0, 0.05) is 30.9 Å². The van der Waals surface area contributed by atoms with Gasteiger partial charge in [-0.1, -0.05) is 18.2 Å². The van der Waals surface area contributed by atoms with Gasteiger partial charge in [-0.05, 0) is 68.5 Å². The second-order valence-electron chi connectivity index (χ2n) is 9.07. The van der Waals surface area contributed by atoms with E-state index in [2.05, 4.69) is 10.6 Å². The molecule has 1 aliphatic carbocycles. The fourth-order valence-corrected chi connectivity index (χ4v) is 4.57. The standard InChI is InChI=1S/C26H33N5O5/c1-35-21-14-12-20(13-15-21)29-25(33)30-16-5-17-31(26(34)36-22-6-3-2-4-7-22)24(30)23(32)28-19-10-8-18(27)9-11-19/h2-4,6-7,12-15,18-19,24H,5,8-11,16-17,27H2,1H3,(H,28,32)(H,29,33). The molecule has 0 bridgehead atoms. The van der Waals surface area contributed by atoms with E-state index in [1.807, 2.05) is 6.07 Å². The maximum Gasteiger partial charge on any atom is 0.417 e. The molecule has 4 N–H and O–H groups in total. The zero-order chi connectivity index (χ0) is 25.5. The fourth-order valence-electron chi connectivity index (χ4n) is 4.57. The maximum absolute atomic E-state index is 13.5. The number of hydrogen-bond acceptors (Lipinski definition) is 6. The van der Waals surface area contributed by atoms with Gasteiger partial charge in [-0.25, -0.2) is 9.59 Å². The minimum atomic E-state index is -1.15. The van der Waals surface area contributed by atoms with E-state index in [1.54, 1.807) is 55.6 Å². The number of nitrogens with one attached hydrogen (secondary N) is 2. The molecule has 2 aromatic rings. The Morgan fingerprint density at radius 3 is 2.22 bits per heavy atom. The lowest BCUT2D eigenvalue weighted by Gasteiger charge is -2.42. The molecule has 10 heteroatoms. The molecule has 1 aliphatic heterocycles. The number of benzene rings is 2. The van der Waals surface area contributed by atoms with Crippen molar-refractivity contribution in [2.24, 2.45) is 5.73 Å². The molecule has 2 aromatic carbocycles. The molecule has 10 nitrogen and oxygen atoms in total. The van der Waals surface area contributed by atoms with E-state index < -0.39 is 24.2 Å². The number of hydrogen-bond donors (Lipinski definition) is 3. The second kappa shape index (κ2) is 11.8. The van der Waals surface area contributed by atoms with Gasteiger partial charge in [0.2, 0.25) is 0 Å². The summed E-state index contributed by atoms with van der Waals surface area (Å²) in [6, 6.07) is 15.1. The summed E-state index contributed by atoms with van der Waals surface area (Å²) in [4.78, 5) is 42.7. The molecule has 0 spiro atoms. The van der Waals surface area contributed by atoms with Crippen LogP contribution >= 0.6 is 0 Å². The number of rotatable bonds is 5. The minimum Gasteiger partial charge on any atom is -0.497 e. The number of carbonyl (C=O) groups is 3. The quantitative estimate of drug-likeness (QED) is 0.585. The predicted octanol–water partition coefficient (Wildman–Crippen LogP) is 3.15. The molecule has 1 heterocycles. The highest BCUT2D eigenvalue weighted by Crippen LogP contribution is 2.23. The van der Waals surface area contributed by atoms with Crippen molar-refractivity contribution in [2.45, 2.75) is 50.4 Å². The number of urea groups is 1. The monoisotopic (exact) mass is 495 g/mol. The highest BCUT2D eigenvalue weighted by molar-refractivity contribution is 5.95. The summed E-state index contributed by atoms with van der Waals surface area (Å²) < 4.78 is 10.7. The summed E-state index contributed by atoms with van der Waals surface area (Å²) in [6.07, 6.45) is 1.81. The van der Waals surface area contributed by atoms with Gasteiger partial charge in [0.1, 0.15) is 11.5 Å². The zero-order valence-corrected chi connectivity index (χ0v) is 20.4. The van der Waals surface area contributed by atoms with Crippen molar-refractivity contribution >= 4 is 23.7 Å². The van der Waals surface area contributed by atoms with Gasteiger partial charge >= 0.3 is 12.1 Å². The van der Waals surface area contributed by atoms with E-state index in [0.29, 0.717) is 30.2 Å². The first-order valence-corrected chi connectivity index (χ1v) is 12.3. The number of carbonyl (C=O) groups excluding carboxylic acids is 3. The molecule has 1 saturated carbocycles. The first-order valence-electron chi connectivity index (χ1n) is 12.3. The summed E-state index contributed by atoms with van der Waals surface area (Å²) in [7, 11) is 1.56. The van der Waals surface area contributed by atoms with Gasteiger partial charge in [-0.3, -0.25) is 14.6 Å². The number of para-hydroxylation sites is 1. The van der Waals surface area contributed by atoms with Gasteiger partial charge in [0.25, 0.3) is 5.91 Å². The summed E-state index contributed by atoms with van der Waals surface area (Å²) in [5.41, 5.74) is 6.55. The van der Waals surface area contributed by atoms with Crippen molar-refractivity contribution in [3.63, 3.8) is 0 Å². The zero-order valence-electron chi connectivity index (χ0n) is 20.4. The van der Waals surface area contributed by atoms with E-state index in [-0.39, 0.29) is 18.6 Å². The lowest BCUT2D eigenvalue weighted by molar-refractivity contribution is -0.133. The smallest absolute Gasteiger partial charge is 0.417 e. The van der Waals surface area contributed by atoms with Crippen molar-refractivity contribution in [3.8, 4) is 11.5 Å². The van der Waals surface area contributed by atoms with Crippen molar-refractivity contribution < 1.29 is 23.9 Å². The number of methoxy groups -OCH3 is 1. The van der Waals surface area contributed by atoms with Crippen LogP contribution in [0.25, 0.3) is 0 Å². The van der Waals surface area contributed by atoms with Crippen molar-refractivity contribution in [1.82, 2.24) is 15.1 Å². The van der Waals surface area contributed by atoms with Gasteiger partial charge in [-0.2, -0.15) is 0 Å². The summed E-state index contributed by atoms with van der Waals surface area (Å²) >= 11 is 0. The maximum atomic E-state index is 13.5. The van der Waals surface area contributed by atoms with Crippen LogP contribution in [-0.4, -0.2) is 66.3 Å². The Balaban J connectivity index is 1.53. The minimum absolute atomic E-state index is 0.0577. The first kappa shape index (κ1) is 25.3. The topological polar surface area (TPSA) is 126 Å². The predicted molar refractivity (Wildman–Crippen MR) is 135 cm³/mol. The average Bonchev–Trinajstić information content (AvgIpc) is 2.90. The largest absolute Gasteiger partial charge is 0.497 e. The van der Waals surface area contributed by atoms with Crippen LogP contribution in [0.4, 0.5) is 15.3 Å². The normalized spacial score (nSPS) is 21.9. The number of nitrogens with two attached hydrogens (primary N) is 1. The molecule has 0 radical (unpaired) electrons. The summed E-state index contributed by atoms with van der Waals surface area (Å²) in [5, 5.41) is 5.86. The SMILES string of the molecule is COc1ccc(NC(=O)N2CCCN(C(=O)Oc3ccccc3)C2C(=O)NC2CCC(N)CC2)cc1. The third-order valence-electron chi connectivity index (χ3n) is 6.53. The van der Waals surface area contributed by atoms with E-state index >= 15 is 0 Å². The van der Waals surface area contributed by atoms with Crippen LogP contribution in [0.1, 0.15) is 32.1 Å². The Labute approximate surface area is 210 Å². The fraction of sp³-hybridized carbons (Fsp3) is 0.423. The Morgan fingerprint density at radius 2 is 1.56 bits per heavy atom. The van der Waals surface area contributed by atoms with E-state index in [1.165, 1.54) is 9.80 Å². The van der Waals surface area contributed by atoms with Gasteiger partial charge in [-0.15, -0.1) is 0 Å². The third-order valence-corrected chi connectivity index (χ3v) is 6.53. The second-order valence-corrected chi connectivity index (χ2v) is 9.07. The van der Waals surface area contributed by atoms with Crippen molar-refractivity contribution in [1.29, 1.82) is 0 Å². The van der Waals surface area contributed by atoms with Gasteiger partial charge < -0.3 is 25.8 Å². The number of amides is 4. The van der Waals surface area contributed by atoms with Gasteiger partial charge in [0.05, 0.1) is 7.11 Å². The molecule has 0 aromatic heterocycles. The first-order chi connectivity index (χ1) is 17.4. The van der Waals surface area contributed by atoms with Crippen LogP contribution in [0.2, 0.25) is 0 Å². The molecule has 1 unspecified atom stereocenters. The number of nitrogens with zero attached hydrogens (tertiary/aromatic N) is 2. The van der Waals surface area contributed by atoms with Gasteiger partial charge in [0.15, 0.2) is 6.17 Å². The molecule has 36 heavy (non-hydrogen) atoms. The van der Waals surface area contributed by atoms with Crippen LogP contribution in [0.3, 0.4) is 0 Å². The van der Waals surface area contributed by atoms with Crippen molar-refractivity contribution in [2.75, 3.05) is 25.5 Å². The molecule has 192 valence electrons. The Hall–Kier alpha value is -3.79. The van der Waals surface area contributed by atoms with Crippen LogP contribution in [0.15, 0.2) is 54.6 Å². The van der Waals surface area contributed by atoms with E-state index in [9.17, 15) is 14.4 Å². The Bertz CT molecular complexity index is 1040.